The molecular weight excluding hydrogens is 1740 g/mol. The minimum absolute atomic E-state index is 0.0692. The van der Waals surface area contributed by atoms with Crippen LogP contribution >= 0.6 is 0 Å². The molecule has 12 saturated carbocycles. The van der Waals surface area contributed by atoms with E-state index in [0.29, 0.717) is 0 Å². The van der Waals surface area contributed by atoms with Crippen molar-refractivity contribution in [2.45, 2.75) is 212 Å². The van der Waals surface area contributed by atoms with Gasteiger partial charge in [0.25, 0.3) is 20.1 Å². The van der Waals surface area contributed by atoms with Crippen LogP contribution in [0.2, 0.25) is 0 Å². The van der Waals surface area contributed by atoms with Crippen molar-refractivity contribution in [2.24, 2.45) is 71.0 Å². The average Bonchev–Trinajstić information content (AvgIpc) is 0.667. The summed E-state index contributed by atoms with van der Waals surface area (Å²) in [5.41, 5.74) is 55.9. The molecule has 0 unspecified atom stereocenters. The Balaban J connectivity index is 0.0000000986. The Morgan fingerprint density at radius 2 is 0.479 bits per heavy atom. The molecule has 12 aliphatic carbocycles. The van der Waals surface area contributed by atoms with Crippen LogP contribution in [0.1, 0.15) is 225 Å². The maximum Gasteiger partial charge on any atom is 0.252 e. The van der Waals surface area contributed by atoms with E-state index in [1.165, 1.54) is 281 Å². The van der Waals surface area contributed by atoms with Crippen molar-refractivity contribution < 1.29 is 0 Å². The molecule has 9 aliphatic heterocycles. The zero-order valence-electron chi connectivity index (χ0n) is 85.9. The van der Waals surface area contributed by atoms with Crippen molar-refractivity contribution in [2.75, 3.05) is 29.4 Å². The number of hydrogen-bond acceptors (Lipinski definition) is 6. The second-order valence-electron chi connectivity index (χ2n) is 51.2. The molecule has 144 heavy (non-hydrogen) atoms. The third kappa shape index (κ3) is 11.3. The first-order valence-electron chi connectivity index (χ1n) is 55.5. The maximum absolute atomic E-state index is 2.71. The van der Waals surface area contributed by atoms with Gasteiger partial charge in [-0.25, -0.2) is 0 Å². The Morgan fingerprint density at radius 3 is 0.861 bits per heavy atom. The molecule has 0 saturated heterocycles. The normalized spacial score (nSPS) is 26.7. The summed E-state index contributed by atoms with van der Waals surface area (Å²) >= 11 is 0. The lowest BCUT2D eigenvalue weighted by Gasteiger charge is -2.64. The van der Waals surface area contributed by atoms with Crippen LogP contribution in [-0.2, 0) is 32.5 Å². The van der Waals surface area contributed by atoms with Crippen LogP contribution in [0.5, 0.6) is 0 Å². The van der Waals surface area contributed by atoms with Gasteiger partial charge in [-0.1, -0.05) is 274 Å². The molecule has 0 aromatic heterocycles. The molecule has 12 bridgehead atoms. The summed E-state index contributed by atoms with van der Waals surface area (Å²) in [6.07, 6.45) is 21.3. The van der Waals surface area contributed by atoms with Crippen molar-refractivity contribution in [3.63, 3.8) is 0 Å². The second kappa shape index (κ2) is 30.0. The fourth-order valence-corrected chi connectivity index (χ4v) is 36.3. The molecule has 9 heteroatoms. The molecule has 0 radical (unpaired) electrons. The van der Waals surface area contributed by atoms with Gasteiger partial charge in [-0.2, -0.15) is 0 Å². The number of hydrogen-bond donors (Lipinski definition) is 0. The van der Waals surface area contributed by atoms with Gasteiger partial charge in [0, 0.05) is 102 Å². The van der Waals surface area contributed by atoms with Crippen molar-refractivity contribution >= 4 is 172 Å². The van der Waals surface area contributed by atoms with Crippen LogP contribution in [0.15, 0.2) is 309 Å². The highest BCUT2D eigenvalue weighted by molar-refractivity contribution is 7.02. The molecular formula is C135H129B3N6. The Kier molecular flexibility index (Phi) is 17.9. The van der Waals surface area contributed by atoms with E-state index >= 15 is 0 Å². The van der Waals surface area contributed by atoms with Crippen LogP contribution in [0.4, 0.5) is 102 Å². The average molecular weight is 1870 g/mol. The lowest BCUT2D eigenvalue weighted by atomic mass is 9.32. The van der Waals surface area contributed by atoms with E-state index in [0.717, 1.165) is 71.0 Å². The quantitative estimate of drug-likeness (QED) is 0.163. The molecule has 0 amide bonds. The summed E-state index contributed by atoms with van der Waals surface area (Å²) in [4.78, 5) is 15.8. The van der Waals surface area contributed by atoms with Gasteiger partial charge in [-0.05, 0) is 418 Å². The molecule has 0 N–H and O–H groups in total. The largest absolute Gasteiger partial charge is 0.311 e. The second-order valence-corrected chi connectivity index (χ2v) is 51.2. The van der Waals surface area contributed by atoms with Crippen molar-refractivity contribution in [1.82, 2.24) is 0 Å². The van der Waals surface area contributed by atoms with Crippen LogP contribution < -0.4 is 78.6 Å². The lowest BCUT2D eigenvalue weighted by Crippen LogP contribution is -2.64. The monoisotopic (exact) mass is 1870 g/mol. The van der Waals surface area contributed by atoms with Gasteiger partial charge in [0.2, 0.25) is 0 Å². The van der Waals surface area contributed by atoms with Gasteiger partial charge in [0.1, 0.15) is 0 Å². The predicted octanol–water partition coefficient (Wildman–Crippen LogP) is 28.3. The van der Waals surface area contributed by atoms with Crippen LogP contribution in [-0.4, -0.2) is 20.1 Å². The Bertz CT molecular complexity index is 7890. The zero-order valence-corrected chi connectivity index (χ0v) is 85.9. The number of anilines is 18. The third-order valence-electron chi connectivity index (χ3n) is 41.0. The predicted molar refractivity (Wildman–Crippen MR) is 605 cm³/mol. The smallest absolute Gasteiger partial charge is 0.252 e. The number of aryl methyl sites for hydroxylation is 3. The minimum Gasteiger partial charge on any atom is -0.311 e. The topological polar surface area (TPSA) is 19.4 Å². The summed E-state index contributed by atoms with van der Waals surface area (Å²) in [5, 5.41) is 0. The standard InChI is InChI=1S/3C45H43BN2/c1-27-11-7-18-38-41(27)46-36-16-9-15-35-43(36)48(37-17-6-5-14-34(37)45(35)31-22-28-21-29(24-31)25-32(45)23-28)40-20-10-19-39(42(40)46)47(38)33-13-8-12-30(26-33)44(2,3)4;1-27-11-7-16-36-42(27)47(33-13-8-12-30(26-33)44(2,3)4)39-19-10-20-40-41(39)46(36)37-17-9-15-35-43(37)48(40)38-18-6-5-14-34(38)45(35)31-22-28-21-29(24-31)25-32(45)23-28;1-27-18-19-36-41(20-27)47(33-11-7-10-30(26-33)44(2,3)4)39-16-9-17-40-42(39)46(36)37-14-8-13-35-43(37)48(40)38-15-6-5-12-34(38)45(35)31-22-28-21-29(24-31)25-32(45)23-28/h3*5-20,26,28-29,31-32H,21-25H2,1-4H3. The lowest BCUT2D eigenvalue weighted by molar-refractivity contribution is -0.0419. The third-order valence-corrected chi connectivity index (χ3v) is 41.0. The first kappa shape index (κ1) is 85.7. The van der Waals surface area contributed by atoms with E-state index in [1.54, 1.807) is 33.4 Å². The summed E-state index contributed by atoms with van der Waals surface area (Å²) in [5.74, 6) is 10.0. The summed E-state index contributed by atoms with van der Waals surface area (Å²) < 4.78 is 0. The van der Waals surface area contributed by atoms with Crippen molar-refractivity contribution in [3.8, 4) is 0 Å². The molecule has 12 fully saturated rings. The maximum atomic E-state index is 2.71. The van der Waals surface area contributed by atoms with Gasteiger partial charge < -0.3 is 29.4 Å². The van der Waals surface area contributed by atoms with Gasteiger partial charge in [0.05, 0.1) is 17.1 Å². The van der Waals surface area contributed by atoms with Crippen LogP contribution in [0.25, 0.3) is 0 Å². The summed E-state index contributed by atoms with van der Waals surface area (Å²) in [7, 11) is 0. The van der Waals surface area contributed by atoms with Crippen LogP contribution in [0.3, 0.4) is 0 Å². The highest BCUT2D eigenvalue weighted by atomic mass is 15.2. The Hall–Kier alpha value is -12.7. The molecule has 3 spiro atoms. The number of benzene rings is 15. The van der Waals surface area contributed by atoms with Gasteiger partial charge in [-0.3, -0.25) is 0 Å². The highest BCUT2D eigenvalue weighted by Crippen LogP contribution is 2.75. The fourth-order valence-electron chi connectivity index (χ4n) is 36.3. The molecule has 6 nitrogen and oxygen atoms in total. The zero-order chi connectivity index (χ0) is 96.3. The van der Waals surface area contributed by atoms with E-state index in [1.807, 2.05) is 0 Å². The minimum atomic E-state index is 0.0692. The first-order valence-corrected chi connectivity index (χ1v) is 55.5. The van der Waals surface area contributed by atoms with Gasteiger partial charge in [-0.15, -0.1) is 0 Å². The molecule has 0 atom stereocenters. The highest BCUT2D eigenvalue weighted by Gasteiger charge is 2.68. The SMILES string of the molecule is Cc1ccc2c(c1)N(c1cccc(C(C)(C)C)c1)c1cccc3c1B2c1cccc2c1N3c1ccccc1C21C2CC3CC(C2)CC1C3.Cc1cccc2c1B1c3cccc4c3N(c3ccccc3C43C4CC5CC(C4)CC3C5)c3cccc(c31)N2c1cccc(C(C)(C)C)c1.Cc1cccc2c1N(c1cccc(C(C)(C)C)c1)c1cccc3c1B2c1cccc2c1N3c1ccccc1C21C2CC3CC(C2)CC1C3. The fraction of sp³-hybridized carbons (Fsp3) is 0.333. The van der Waals surface area contributed by atoms with E-state index < -0.39 is 0 Å². The molecule has 708 valence electrons. The number of nitrogens with zero attached hydrogens (tertiary/aromatic N) is 6. The molecule has 9 heterocycles. The molecule has 15 aromatic carbocycles. The summed E-state index contributed by atoms with van der Waals surface area (Å²) in [6, 6.07) is 122. The van der Waals surface area contributed by atoms with E-state index in [2.05, 4.69) is 422 Å². The number of fused-ring (bicyclic) bond motifs is 18. The van der Waals surface area contributed by atoms with E-state index in [4.69, 9.17) is 0 Å². The molecule has 36 rings (SSSR count). The summed E-state index contributed by atoms with van der Waals surface area (Å²) in [6.45, 7) is 28.3. The number of para-hydroxylation sites is 7. The Morgan fingerprint density at radius 1 is 0.208 bits per heavy atom. The Labute approximate surface area is 854 Å². The number of rotatable bonds is 3. The van der Waals surface area contributed by atoms with Crippen LogP contribution in [0, 0.1) is 91.8 Å². The molecule has 21 aliphatic rings. The van der Waals surface area contributed by atoms with Gasteiger partial charge in [0.15, 0.2) is 0 Å². The van der Waals surface area contributed by atoms with Crippen molar-refractivity contribution in [3.05, 3.63) is 376 Å². The van der Waals surface area contributed by atoms with E-state index in [9.17, 15) is 0 Å². The van der Waals surface area contributed by atoms with Gasteiger partial charge >= 0.3 is 0 Å². The first-order chi connectivity index (χ1) is 70.0. The molecule has 15 aromatic rings. The van der Waals surface area contributed by atoms with E-state index in [-0.39, 0.29) is 52.6 Å². The van der Waals surface area contributed by atoms with Crippen molar-refractivity contribution in [1.29, 1.82) is 0 Å².